The van der Waals surface area contributed by atoms with Gasteiger partial charge in [-0.1, -0.05) is 0 Å². The van der Waals surface area contributed by atoms with E-state index in [1.807, 2.05) is 18.3 Å². The van der Waals surface area contributed by atoms with E-state index in [0.29, 0.717) is 12.0 Å². The molecule has 1 saturated heterocycles. The number of piperidine rings is 1. The molecule has 4 nitrogen and oxygen atoms in total. The monoisotopic (exact) mass is 258 g/mol. The number of anilines is 1. The molecular weight excluding hydrogens is 236 g/mol. The topological polar surface area (TPSA) is 46.6 Å². The second-order valence-corrected chi connectivity index (χ2v) is 5.80. The first kappa shape index (κ1) is 12.5. The highest BCUT2D eigenvalue weighted by molar-refractivity contribution is 5.52. The number of aromatic nitrogens is 2. The Morgan fingerprint density at radius 3 is 2.74 bits per heavy atom. The number of rotatable bonds is 2. The van der Waals surface area contributed by atoms with Crippen molar-refractivity contribution in [2.75, 3.05) is 18.8 Å². The molecule has 0 spiro atoms. The van der Waals surface area contributed by atoms with Crippen molar-refractivity contribution in [3.63, 3.8) is 0 Å². The summed E-state index contributed by atoms with van der Waals surface area (Å²) in [5, 5.41) is 0. The van der Waals surface area contributed by atoms with Gasteiger partial charge < -0.3 is 15.0 Å². The van der Waals surface area contributed by atoms with Crippen molar-refractivity contribution in [1.29, 1.82) is 0 Å². The van der Waals surface area contributed by atoms with Crippen LogP contribution in [0.3, 0.4) is 0 Å². The van der Waals surface area contributed by atoms with Crippen molar-refractivity contribution in [3.05, 3.63) is 30.2 Å². The highest BCUT2D eigenvalue weighted by Gasteiger charge is 2.23. The Labute approximate surface area is 114 Å². The zero-order valence-electron chi connectivity index (χ0n) is 11.7. The quantitative estimate of drug-likeness (QED) is 0.900. The third kappa shape index (κ3) is 2.45. The maximum Gasteiger partial charge on any atom is 0.139 e. The van der Waals surface area contributed by atoms with Crippen LogP contribution in [0.4, 0.5) is 5.69 Å². The van der Waals surface area contributed by atoms with E-state index < -0.39 is 0 Å². The molecule has 0 unspecified atom stereocenters. The first-order valence-corrected chi connectivity index (χ1v) is 7.11. The van der Waals surface area contributed by atoms with Gasteiger partial charge >= 0.3 is 0 Å². The minimum atomic E-state index is 0.594. The van der Waals surface area contributed by atoms with Crippen LogP contribution in [0.1, 0.15) is 38.3 Å². The largest absolute Gasteiger partial charge is 0.399 e. The molecule has 0 saturated carbocycles. The lowest BCUT2D eigenvalue weighted by Crippen LogP contribution is -2.37. The molecule has 1 aliphatic rings. The number of hydrogen-bond donors (Lipinski definition) is 1. The molecule has 19 heavy (non-hydrogen) atoms. The van der Waals surface area contributed by atoms with Gasteiger partial charge in [-0.3, -0.25) is 0 Å². The SMILES string of the molecule is CC(C)N1CCC(c2cn3ccc(N)cc3n2)CC1. The molecule has 3 rings (SSSR count). The Morgan fingerprint density at radius 2 is 2.05 bits per heavy atom. The summed E-state index contributed by atoms with van der Waals surface area (Å²) < 4.78 is 2.07. The summed E-state index contributed by atoms with van der Waals surface area (Å²) in [6, 6.07) is 4.51. The zero-order valence-corrected chi connectivity index (χ0v) is 11.7. The Balaban J connectivity index is 1.78. The van der Waals surface area contributed by atoms with E-state index in [1.54, 1.807) is 0 Å². The van der Waals surface area contributed by atoms with Crippen LogP contribution in [-0.4, -0.2) is 33.4 Å². The van der Waals surface area contributed by atoms with Gasteiger partial charge in [0.05, 0.1) is 5.69 Å². The summed E-state index contributed by atoms with van der Waals surface area (Å²) in [6.07, 6.45) is 6.56. The standard InChI is InChI=1S/C15H22N4/c1-11(2)18-6-3-12(4-7-18)14-10-19-8-5-13(16)9-15(19)17-14/h5,8-12H,3-4,6-7,16H2,1-2H3. The van der Waals surface area contributed by atoms with Crippen LogP contribution in [-0.2, 0) is 0 Å². The Kier molecular flexibility index (Phi) is 3.19. The van der Waals surface area contributed by atoms with E-state index in [2.05, 4.69) is 29.3 Å². The number of nitrogen functional groups attached to an aromatic ring is 1. The summed E-state index contributed by atoms with van der Waals surface area (Å²) in [7, 11) is 0. The summed E-state index contributed by atoms with van der Waals surface area (Å²) >= 11 is 0. The average Bonchev–Trinajstić information content (AvgIpc) is 2.81. The van der Waals surface area contributed by atoms with Gasteiger partial charge in [0.2, 0.25) is 0 Å². The van der Waals surface area contributed by atoms with Crippen LogP contribution in [0.25, 0.3) is 5.65 Å². The van der Waals surface area contributed by atoms with E-state index in [4.69, 9.17) is 10.7 Å². The third-order valence-electron chi connectivity index (χ3n) is 4.18. The number of fused-ring (bicyclic) bond motifs is 1. The second-order valence-electron chi connectivity index (χ2n) is 5.80. The van der Waals surface area contributed by atoms with Crippen molar-refractivity contribution in [2.45, 2.75) is 38.6 Å². The van der Waals surface area contributed by atoms with E-state index in [0.717, 1.165) is 11.3 Å². The van der Waals surface area contributed by atoms with Crippen LogP contribution in [0.5, 0.6) is 0 Å². The maximum atomic E-state index is 5.80. The molecular formula is C15H22N4. The van der Waals surface area contributed by atoms with Gasteiger partial charge in [-0.2, -0.15) is 0 Å². The summed E-state index contributed by atoms with van der Waals surface area (Å²) in [6.45, 7) is 6.90. The molecule has 0 aliphatic carbocycles. The van der Waals surface area contributed by atoms with Gasteiger partial charge in [-0.15, -0.1) is 0 Å². The molecule has 1 aliphatic heterocycles. The lowest BCUT2D eigenvalue weighted by molar-refractivity contribution is 0.171. The molecule has 0 aromatic carbocycles. The minimum Gasteiger partial charge on any atom is -0.399 e. The molecule has 4 heteroatoms. The van der Waals surface area contributed by atoms with E-state index in [-0.39, 0.29) is 0 Å². The Bertz CT molecular complexity index is 565. The lowest BCUT2D eigenvalue weighted by Gasteiger charge is -2.33. The molecule has 0 radical (unpaired) electrons. The van der Waals surface area contributed by atoms with Gasteiger partial charge in [0.15, 0.2) is 0 Å². The van der Waals surface area contributed by atoms with Crippen molar-refractivity contribution in [2.24, 2.45) is 0 Å². The first-order chi connectivity index (χ1) is 9.13. The molecule has 0 amide bonds. The zero-order chi connectivity index (χ0) is 13.4. The summed E-state index contributed by atoms with van der Waals surface area (Å²) in [4.78, 5) is 7.28. The average molecular weight is 258 g/mol. The normalized spacial score (nSPS) is 18.5. The number of nitrogens with two attached hydrogens (primary N) is 1. The molecule has 3 heterocycles. The molecule has 2 aromatic heterocycles. The predicted octanol–water partition coefficient (Wildman–Crippen LogP) is 2.50. The van der Waals surface area contributed by atoms with Crippen LogP contribution >= 0.6 is 0 Å². The Morgan fingerprint density at radius 1 is 1.32 bits per heavy atom. The highest BCUT2D eigenvalue weighted by Crippen LogP contribution is 2.28. The minimum absolute atomic E-state index is 0.594. The van der Waals surface area contributed by atoms with E-state index in [1.165, 1.54) is 31.6 Å². The fraction of sp³-hybridized carbons (Fsp3) is 0.533. The third-order valence-corrected chi connectivity index (χ3v) is 4.18. The highest BCUT2D eigenvalue weighted by atomic mass is 15.1. The van der Waals surface area contributed by atoms with Crippen molar-refractivity contribution >= 4 is 11.3 Å². The van der Waals surface area contributed by atoms with Gasteiger partial charge in [-0.05, 0) is 45.8 Å². The molecule has 1 fully saturated rings. The fourth-order valence-corrected chi connectivity index (χ4v) is 2.93. The van der Waals surface area contributed by atoms with Crippen LogP contribution in [0.2, 0.25) is 0 Å². The number of pyridine rings is 1. The number of hydrogen-bond acceptors (Lipinski definition) is 3. The molecule has 0 bridgehead atoms. The number of likely N-dealkylation sites (tertiary alicyclic amines) is 1. The van der Waals surface area contributed by atoms with Crippen LogP contribution in [0, 0.1) is 0 Å². The predicted molar refractivity (Wildman–Crippen MR) is 78.3 cm³/mol. The van der Waals surface area contributed by atoms with Gasteiger partial charge in [0, 0.05) is 36.1 Å². The van der Waals surface area contributed by atoms with E-state index in [9.17, 15) is 0 Å². The van der Waals surface area contributed by atoms with Gasteiger partial charge in [-0.25, -0.2) is 4.98 Å². The molecule has 2 N–H and O–H groups in total. The number of nitrogens with zero attached hydrogens (tertiary/aromatic N) is 3. The van der Waals surface area contributed by atoms with Crippen molar-refractivity contribution in [3.8, 4) is 0 Å². The number of imidazole rings is 1. The van der Waals surface area contributed by atoms with E-state index >= 15 is 0 Å². The van der Waals surface area contributed by atoms with Gasteiger partial charge in [0.25, 0.3) is 0 Å². The first-order valence-electron chi connectivity index (χ1n) is 7.11. The molecule has 102 valence electrons. The Hall–Kier alpha value is -1.55. The maximum absolute atomic E-state index is 5.80. The van der Waals surface area contributed by atoms with Crippen LogP contribution in [0.15, 0.2) is 24.5 Å². The summed E-state index contributed by atoms with van der Waals surface area (Å²) in [5.41, 5.74) is 8.76. The smallest absolute Gasteiger partial charge is 0.139 e. The lowest BCUT2D eigenvalue weighted by atomic mass is 9.93. The molecule has 2 aromatic rings. The van der Waals surface area contributed by atoms with Crippen molar-refractivity contribution in [1.82, 2.24) is 14.3 Å². The van der Waals surface area contributed by atoms with Crippen LogP contribution < -0.4 is 5.73 Å². The fourth-order valence-electron chi connectivity index (χ4n) is 2.93. The molecule has 0 atom stereocenters. The summed E-state index contributed by atoms with van der Waals surface area (Å²) in [5.74, 6) is 0.594. The second kappa shape index (κ2) is 4.85. The van der Waals surface area contributed by atoms with Gasteiger partial charge in [0.1, 0.15) is 5.65 Å². The van der Waals surface area contributed by atoms with Crippen molar-refractivity contribution < 1.29 is 0 Å².